The lowest BCUT2D eigenvalue weighted by Crippen LogP contribution is -2.53. The summed E-state index contributed by atoms with van der Waals surface area (Å²) in [4.78, 5) is 39.6. The SMILES string of the molecule is CC[C@H](C)NC(=O)[C@H](CC)N(Cc1cccc(OC)c1)C(=O)CN(c1cccc([N+](=O)[O-])c1)S(=O)(=O)c1ccccc1. The number of anilines is 1. The van der Waals surface area contributed by atoms with E-state index in [-0.39, 0.29) is 41.2 Å². The van der Waals surface area contributed by atoms with E-state index in [1.807, 2.05) is 13.8 Å². The van der Waals surface area contributed by atoms with Crippen molar-refractivity contribution in [3.63, 3.8) is 0 Å². The van der Waals surface area contributed by atoms with Crippen LogP contribution in [0.5, 0.6) is 5.75 Å². The van der Waals surface area contributed by atoms with Gasteiger partial charge in [0.25, 0.3) is 15.7 Å². The number of non-ortho nitro benzene ring substituents is 1. The predicted molar refractivity (Wildman–Crippen MR) is 160 cm³/mol. The van der Waals surface area contributed by atoms with E-state index in [2.05, 4.69) is 5.32 Å². The number of amides is 2. The third kappa shape index (κ3) is 7.84. The molecule has 0 saturated heterocycles. The minimum absolute atomic E-state index is 0.00335. The summed E-state index contributed by atoms with van der Waals surface area (Å²) in [7, 11) is -2.83. The number of carbonyl (C=O) groups excluding carboxylic acids is 2. The summed E-state index contributed by atoms with van der Waals surface area (Å²) < 4.78 is 33.9. The average molecular weight is 597 g/mol. The van der Waals surface area contributed by atoms with Crippen LogP contribution in [-0.4, -0.2) is 55.8 Å². The molecular formula is C30H36N4O7S. The highest BCUT2D eigenvalue weighted by Crippen LogP contribution is 2.28. The third-order valence-corrected chi connectivity index (χ3v) is 8.60. The van der Waals surface area contributed by atoms with E-state index in [9.17, 15) is 28.1 Å². The van der Waals surface area contributed by atoms with Crippen LogP contribution in [0.3, 0.4) is 0 Å². The van der Waals surface area contributed by atoms with Crippen LogP contribution >= 0.6 is 0 Å². The Balaban J connectivity index is 2.10. The second kappa shape index (κ2) is 14.4. The van der Waals surface area contributed by atoms with Crippen molar-refractivity contribution in [2.24, 2.45) is 0 Å². The van der Waals surface area contributed by atoms with Gasteiger partial charge in [0, 0.05) is 24.7 Å². The van der Waals surface area contributed by atoms with Crippen LogP contribution in [0.1, 0.15) is 39.2 Å². The molecule has 0 bridgehead atoms. The van der Waals surface area contributed by atoms with E-state index < -0.39 is 33.4 Å². The zero-order chi connectivity index (χ0) is 30.9. The number of nitrogens with zero attached hydrogens (tertiary/aromatic N) is 3. The number of hydrogen-bond acceptors (Lipinski definition) is 7. The Bertz CT molecular complexity index is 1500. The molecule has 3 rings (SSSR count). The van der Waals surface area contributed by atoms with Gasteiger partial charge in [0.2, 0.25) is 11.8 Å². The van der Waals surface area contributed by atoms with E-state index in [1.54, 1.807) is 49.4 Å². The molecule has 2 atom stereocenters. The first-order chi connectivity index (χ1) is 20.0. The Morgan fingerprint density at radius 1 is 0.976 bits per heavy atom. The number of hydrogen-bond donors (Lipinski definition) is 1. The second-order valence-corrected chi connectivity index (χ2v) is 11.6. The second-order valence-electron chi connectivity index (χ2n) is 9.72. The van der Waals surface area contributed by atoms with Gasteiger partial charge in [-0.05, 0) is 55.7 Å². The van der Waals surface area contributed by atoms with Crippen LogP contribution in [0.4, 0.5) is 11.4 Å². The molecule has 1 N–H and O–H groups in total. The van der Waals surface area contributed by atoms with Gasteiger partial charge in [-0.25, -0.2) is 8.42 Å². The highest BCUT2D eigenvalue weighted by Gasteiger charge is 2.34. The summed E-state index contributed by atoms with van der Waals surface area (Å²) in [5.41, 5.74) is 0.283. The van der Waals surface area contributed by atoms with Gasteiger partial charge in [-0.1, -0.05) is 50.2 Å². The molecule has 2 amide bonds. The fourth-order valence-electron chi connectivity index (χ4n) is 4.34. The summed E-state index contributed by atoms with van der Waals surface area (Å²) in [6, 6.07) is 18.6. The normalized spacial score (nSPS) is 12.6. The van der Waals surface area contributed by atoms with Gasteiger partial charge in [-0.2, -0.15) is 0 Å². The van der Waals surface area contributed by atoms with Crippen LogP contribution in [0, 0.1) is 10.1 Å². The highest BCUT2D eigenvalue weighted by molar-refractivity contribution is 7.92. The first kappa shape index (κ1) is 32.1. The van der Waals surface area contributed by atoms with E-state index >= 15 is 0 Å². The van der Waals surface area contributed by atoms with Gasteiger partial charge in [-0.3, -0.25) is 24.0 Å². The molecule has 0 spiro atoms. The minimum Gasteiger partial charge on any atom is -0.497 e. The Morgan fingerprint density at radius 3 is 2.29 bits per heavy atom. The van der Waals surface area contributed by atoms with Gasteiger partial charge >= 0.3 is 0 Å². The van der Waals surface area contributed by atoms with Crippen molar-refractivity contribution in [1.82, 2.24) is 10.2 Å². The first-order valence-electron chi connectivity index (χ1n) is 13.6. The maximum Gasteiger partial charge on any atom is 0.271 e. The number of nitro groups is 1. The molecule has 0 fully saturated rings. The molecule has 0 aliphatic rings. The molecule has 0 heterocycles. The summed E-state index contributed by atoms with van der Waals surface area (Å²) >= 11 is 0. The van der Waals surface area contributed by atoms with Crippen molar-refractivity contribution in [3.8, 4) is 5.75 Å². The summed E-state index contributed by atoms with van der Waals surface area (Å²) in [5, 5.41) is 14.4. The molecule has 0 unspecified atom stereocenters. The lowest BCUT2D eigenvalue weighted by Gasteiger charge is -2.33. The molecule has 12 heteroatoms. The molecule has 0 aliphatic carbocycles. The van der Waals surface area contributed by atoms with Crippen molar-refractivity contribution in [1.29, 1.82) is 0 Å². The molecule has 11 nitrogen and oxygen atoms in total. The largest absolute Gasteiger partial charge is 0.497 e. The number of sulfonamides is 1. The van der Waals surface area contributed by atoms with Crippen LogP contribution in [0.25, 0.3) is 0 Å². The fourth-order valence-corrected chi connectivity index (χ4v) is 5.77. The third-order valence-electron chi connectivity index (χ3n) is 6.81. The molecule has 3 aromatic carbocycles. The lowest BCUT2D eigenvalue weighted by molar-refractivity contribution is -0.384. The number of benzene rings is 3. The number of ether oxygens (including phenoxy) is 1. The molecular weight excluding hydrogens is 560 g/mol. The quantitative estimate of drug-likeness (QED) is 0.213. The van der Waals surface area contributed by atoms with Crippen LogP contribution in [-0.2, 0) is 26.2 Å². The molecule has 0 radical (unpaired) electrons. The summed E-state index contributed by atoms with van der Waals surface area (Å²) in [5.74, 6) is -0.465. The van der Waals surface area contributed by atoms with E-state index in [0.29, 0.717) is 17.7 Å². The van der Waals surface area contributed by atoms with Gasteiger partial charge in [0.15, 0.2) is 0 Å². The molecule has 0 aromatic heterocycles. The number of methoxy groups -OCH3 is 1. The predicted octanol–water partition coefficient (Wildman–Crippen LogP) is 4.52. The topological polar surface area (TPSA) is 139 Å². The van der Waals surface area contributed by atoms with Gasteiger partial charge in [-0.15, -0.1) is 0 Å². The zero-order valence-corrected chi connectivity index (χ0v) is 24.9. The standard InChI is InChI=1S/C30H36N4O7S/c1-5-22(3)31-30(36)28(6-2)32(20-23-12-10-15-26(18-23)41-4)29(35)21-33(24-13-11-14-25(19-24)34(37)38)42(39,40)27-16-8-7-9-17-27/h7-19,22,28H,5-6,20-21H2,1-4H3,(H,31,36)/t22-,28-/m0/s1. The summed E-state index contributed by atoms with van der Waals surface area (Å²) in [6.45, 7) is 4.85. The smallest absolute Gasteiger partial charge is 0.271 e. The van der Waals surface area contributed by atoms with Crippen molar-refractivity contribution < 1.29 is 27.7 Å². The van der Waals surface area contributed by atoms with Crippen molar-refractivity contribution >= 4 is 33.2 Å². The summed E-state index contributed by atoms with van der Waals surface area (Å²) in [6.07, 6.45) is 0.947. The van der Waals surface area contributed by atoms with Crippen molar-refractivity contribution in [2.75, 3.05) is 18.0 Å². The fraction of sp³-hybridized carbons (Fsp3) is 0.333. The Labute approximate surface area is 246 Å². The maximum absolute atomic E-state index is 14.1. The highest BCUT2D eigenvalue weighted by atomic mass is 32.2. The van der Waals surface area contributed by atoms with Gasteiger partial charge in [0.1, 0.15) is 18.3 Å². The molecule has 3 aromatic rings. The first-order valence-corrected chi connectivity index (χ1v) is 15.0. The van der Waals surface area contributed by atoms with Crippen LogP contribution < -0.4 is 14.4 Å². The van der Waals surface area contributed by atoms with Crippen molar-refractivity contribution in [3.05, 3.63) is 94.5 Å². The zero-order valence-electron chi connectivity index (χ0n) is 24.1. The monoisotopic (exact) mass is 596 g/mol. The number of nitro benzene ring substituents is 1. The molecule has 224 valence electrons. The molecule has 42 heavy (non-hydrogen) atoms. The Kier molecular flexibility index (Phi) is 11.0. The Hall–Kier alpha value is -4.45. The van der Waals surface area contributed by atoms with E-state index in [0.717, 1.165) is 10.4 Å². The Morgan fingerprint density at radius 2 is 1.67 bits per heavy atom. The van der Waals surface area contributed by atoms with Crippen molar-refractivity contribution in [2.45, 2.75) is 57.1 Å². The molecule has 0 saturated carbocycles. The number of rotatable bonds is 14. The minimum atomic E-state index is -4.34. The number of nitrogens with one attached hydrogen (secondary N) is 1. The molecule has 0 aliphatic heterocycles. The van der Waals surface area contributed by atoms with Crippen LogP contribution in [0.15, 0.2) is 83.8 Å². The average Bonchev–Trinajstić information content (AvgIpc) is 2.99. The van der Waals surface area contributed by atoms with Crippen LogP contribution in [0.2, 0.25) is 0 Å². The van der Waals surface area contributed by atoms with E-state index in [1.165, 1.54) is 42.3 Å². The van der Waals surface area contributed by atoms with E-state index in [4.69, 9.17) is 4.74 Å². The van der Waals surface area contributed by atoms with Gasteiger partial charge < -0.3 is 15.0 Å². The lowest BCUT2D eigenvalue weighted by atomic mass is 10.1. The maximum atomic E-state index is 14.1. The van der Waals surface area contributed by atoms with Gasteiger partial charge in [0.05, 0.1) is 22.6 Å². The number of carbonyl (C=O) groups is 2.